The summed E-state index contributed by atoms with van der Waals surface area (Å²) >= 11 is 2.89. The number of nitrogens with one attached hydrogen (secondary N) is 1. The molecular weight excluding hydrogens is 258 g/mol. The molecule has 2 N–H and O–H groups in total. The molecule has 0 spiro atoms. The molecule has 1 aliphatic rings. The second-order valence-corrected chi connectivity index (χ2v) is 6.36. The molecule has 4 nitrogen and oxygen atoms in total. The number of aliphatic hydroxyl groups excluding tert-OH is 1. The van der Waals surface area contributed by atoms with Gasteiger partial charge in [-0.1, -0.05) is 28.8 Å². The van der Waals surface area contributed by atoms with E-state index in [1.54, 1.807) is 0 Å². The van der Waals surface area contributed by atoms with Crippen LogP contribution in [0.4, 0.5) is 0 Å². The van der Waals surface area contributed by atoms with Crippen LogP contribution in [0.1, 0.15) is 25.7 Å². The molecule has 13 heavy (non-hydrogen) atoms. The summed E-state index contributed by atoms with van der Waals surface area (Å²) in [6.45, 7) is 0. The van der Waals surface area contributed by atoms with Crippen molar-refractivity contribution in [1.29, 1.82) is 0 Å². The first-order valence-electron chi connectivity index (χ1n) is 4.29. The molecule has 2 atom stereocenters. The predicted molar refractivity (Wildman–Crippen MR) is 54.1 cm³/mol. The van der Waals surface area contributed by atoms with Gasteiger partial charge in [-0.15, -0.1) is 0 Å². The third-order valence-corrected chi connectivity index (χ3v) is 4.96. The Morgan fingerprint density at radius 1 is 1.38 bits per heavy atom. The van der Waals surface area contributed by atoms with Crippen LogP contribution >= 0.6 is 15.9 Å². The molecule has 0 unspecified atom stereocenters. The van der Waals surface area contributed by atoms with Crippen LogP contribution in [0.3, 0.4) is 0 Å². The number of hydrogen-bond acceptors (Lipinski definition) is 3. The second kappa shape index (κ2) is 4.72. The lowest BCUT2D eigenvalue weighted by Gasteiger charge is -2.27. The number of aliphatic hydroxyl groups is 1. The summed E-state index contributed by atoms with van der Waals surface area (Å²) in [5.41, 5.74) is 0. The molecule has 0 aliphatic heterocycles. The van der Waals surface area contributed by atoms with Crippen molar-refractivity contribution in [2.24, 2.45) is 0 Å². The quantitative estimate of drug-likeness (QED) is 0.738. The number of rotatable bonds is 3. The number of sulfonamides is 1. The molecule has 0 aromatic heterocycles. The lowest BCUT2D eigenvalue weighted by Crippen LogP contribution is -2.45. The summed E-state index contributed by atoms with van der Waals surface area (Å²) in [6.07, 6.45) is 2.85. The third-order valence-electron chi connectivity index (χ3n) is 2.20. The lowest BCUT2D eigenvalue weighted by atomic mass is 9.93. The van der Waals surface area contributed by atoms with Gasteiger partial charge < -0.3 is 5.11 Å². The molecule has 1 rings (SSSR count). The van der Waals surface area contributed by atoms with Gasteiger partial charge in [0.05, 0.1) is 6.10 Å². The Hall–Kier alpha value is 0.350. The standard InChI is InChI=1S/C7H14BrNO3S/c8-5-13(11,12)9-6-3-1-2-4-7(6)10/h6-7,9-10H,1-5H2/t6-,7+/m0/s1. The van der Waals surface area contributed by atoms with Gasteiger partial charge >= 0.3 is 0 Å². The molecule has 0 aromatic rings. The maximum atomic E-state index is 11.1. The molecule has 0 bridgehead atoms. The second-order valence-electron chi connectivity index (χ2n) is 3.30. The highest BCUT2D eigenvalue weighted by Gasteiger charge is 2.26. The highest BCUT2D eigenvalue weighted by atomic mass is 79.9. The van der Waals surface area contributed by atoms with Gasteiger partial charge in [0.25, 0.3) is 0 Å². The van der Waals surface area contributed by atoms with E-state index in [4.69, 9.17) is 0 Å². The molecule has 0 amide bonds. The van der Waals surface area contributed by atoms with E-state index in [1.807, 2.05) is 0 Å². The molecular formula is C7H14BrNO3S. The Bertz CT molecular complexity index is 254. The Balaban J connectivity index is 2.52. The molecule has 1 saturated carbocycles. The van der Waals surface area contributed by atoms with E-state index in [0.717, 1.165) is 19.3 Å². The van der Waals surface area contributed by atoms with Gasteiger partial charge in [0.2, 0.25) is 10.0 Å². The van der Waals surface area contributed by atoms with E-state index in [1.165, 1.54) is 0 Å². The average molecular weight is 272 g/mol. The van der Waals surface area contributed by atoms with Crippen molar-refractivity contribution >= 4 is 26.0 Å². The van der Waals surface area contributed by atoms with E-state index in [0.29, 0.717) is 6.42 Å². The number of halogens is 1. The average Bonchev–Trinajstić information content (AvgIpc) is 2.09. The smallest absolute Gasteiger partial charge is 0.221 e. The molecule has 1 fully saturated rings. The summed E-state index contributed by atoms with van der Waals surface area (Å²) in [7, 11) is -3.25. The van der Waals surface area contributed by atoms with Gasteiger partial charge in [-0.3, -0.25) is 0 Å². The van der Waals surface area contributed by atoms with Crippen LogP contribution in [-0.2, 0) is 10.0 Å². The number of alkyl halides is 1. The highest BCUT2D eigenvalue weighted by molar-refractivity contribution is 9.10. The summed E-state index contributed by atoms with van der Waals surface area (Å²) in [4.78, 5) is 0. The highest BCUT2D eigenvalue weighted by Crippen LogP contribution is 2.19. The summed E-state index contributed by atoms with van der Waals surface area (Å²) < 4.78 is 24.7. The monoisotopic (exact) mass is 271 g/mol. The SMILES string of the molecule is O=S(=O)(CBr)N[C@H]1CCCC[C@H]1O. The van der Waals surface area contributed by atoms with Crippen LogP contribution in [0.5, 0.6) is 0 Å². The zero-order valence-electron chi connectivity index (χ0n) is 7.24. The fourth-order valence-electron chi connectivity index (χ4n) is 1.51. The van der Waals surface area contributed by atoms with Crippen molar-refractivity contribution in [3.63, 3.8) is 0 Å². The van der Waals surface area contributed by atoms with E-state index >= 15 is 0 Å². The van der Waals surface area contributed by atoms with E-state index in [9.17, 15) is 13.5 Å². The van der Waals surface area contributed by atoms with E-state index < -0.39 is 16.1 Å². The summed E-state index contributed by atoms with van der Waals surface area (Å²) in [5.74, 6) is 0. The van der Waals surface area contributed by atoms with E-state index in [-0.39, 0.29) is 10.7 Å². The lowest BCUT2D eigenvalue weighted by molar-refractivity contribution is 0.101. The van der Waals surface area contributed by atoms with Gasteiger partial charge in [-0.2, -0.15) is 0 Å². The Morgan fingerprint density at radius 3 is 2.54 bits per heavy atom. The zero-order chi connectivity index (χ0) is 9.90. The maximum Gasteiger partial charge on any atom is 0.221 e. The van der Waals surface area contributed by atoms with Crippen molar-refractivity contribution in [2.75, 3.05) is 4.66 Å². The minimum atomic E-state index is -3.25. The number of hydrogen-bond donors (Lipinski definition) is 2. The van der Waals surface area contributed by atoms with Gasteiger partial charge in [0.15, 0.2) is 0 Å². The fraction of sp³-hybridized carbons (Fsp3) is 1.00. The van der Waals surface area contributed by atoms with Gasteiger partial charge in [0.1, 0.15) is 4.66 Å². The minimum Gasteiger partial charge on any atom is -0.391 e. The zero-order valence-corrected chi connectivity index (χ0v) is 9.64. The first-order chi connectivity index (χ1) is 6.05. The molecule has 0 saturated heterocycles. The first kappa shape index (κ1) is 11.4. The van der Waals surface area contributed by atoms with Crippen molar-refractivity contribution < 1.29 is 13.5 Å². The molecule has 0 aromatic carbocycles. The molecule has 1 aliphatic carbocycles. The summed E-state index contributed by atoms with van der Waals surface area (Å²) in [5, 5.41) is 9.49. The van der Waals surface area contributed by atoms with Crippen LogP contribution < -0.4 is 4.72 Å². The van der Waals surface area contributed by atoms with Crippen molar-refractivity contribution in [3.05, 3.63) is 0 Å². The first-order valence-corrected chi connectivity index (χ1v) is 7.06. The van der Waals surface area contributed by atoms with Crippen molar-refractivity contribution in [2.45, 2.75) is 37.8 Å². The van der Waals surface area contributed by atoms with Crippen molar-refractivity contribution in [3.8, 4) is 0 Å². The molecule has 6 heteroatoms. The predicted octanol–water partition coefficient (Wildman–Crippen LogP) is 0.562. The fourth-order valence-corrected chi connectivity index (χ4v) is 2.71. The largest absolute Gasteiger partial charge is 0.391 e. The molecule has 78 valence electrons. The van der Waals surface area contributed by atoms with Gasteiger partial charge in [-0.05, 0) is 12.8 Å². The van der Waals surface area contributed by atoms with Crippen molar-refractivity contribution in [1.82, 2.24) is 4.72 Å². The van der Waals surface area contributed by atoms with Crippen LogP contribution in [-0.4, -0.2) is 30.3 Å². The molecule has 0 radical (unpaired) electrons. The topological polar surface area (TPSA) is 66.4 Å². The minimum absolute atomic E-state index is 0.108. The third kappa shape index (κ3) is 3.53. The van der Waals surface area contributed by atoms with Crippen LogP contribution in [0.15, 0.2) is 0 Å². The maximum absolute atomic E-state index is 11.1. The van der Waals surface area contributed by atoms with Gasteiger partial charge in [0, 0.05) is 6.04 Å². The normalized spacial score (nSPS) is 30.3. The Kier molecular flexibility index (Phi) is 4.15. The Morgan fingerprint density at radius 2 is 2.00 bits per heavy atom. The van der Waals surface area contributed by atoms with Gasteiger partial charge in [-0.25, -0.2) is 13.1 Å². The van der Waals surface area contributed by atoms with Crippen LogP contribution in [0.2, 0.25) is 0 Å². The van der Waals surface area contributed by atoms with Crippen LogP contribution in [0, 0.1) is 0 Å². The Labute approximate surface area is 86.9 Å². The molecule has 0 heterocycles. The van der Waals surface area contributed by atoms with E-state index in [2.05, 4.69) is 20.7 Å². The summed E-state index contributed by atoms with van der Waals surface area (Å²) in [6, 6.07) is -0.295. The van der Waals surface area contributed by atoms with Crippen LogP contribution in [0.25, 0.3) is 0 Å².